The number of hydrogen-bond acceptors (Lipinski definition) is 3. The predicted molar refractivity (Wildman–Crippen MR) is 82.4 cm³/mol. The normalized spacial score (nSPS) is 11.2. The molecule has 5 heteroatoms. The summed E-state index contributed by atoms with van der Waals surface area (Å²) in [6.07, 6.45) is 1.68. The van der Waals surface area contributed by atoms with Crippen molar-refractivity contribution in [3.63, 3.8) is 0 Å². The van der Waals surface area contributed by atoms with E-state index < -0.39 is 0 Å². The van der Waals surface area contributed by atoms with E-state index in [0.29, 0.717) is 4.88 Å². The summed E-state index contributed by atoms with van der Waals surface area (Å²) in [7, 11) is 0. The molecule has 0 fully saturated rings. The first-order valence-corrected chi connectivity index (χ1v) is 7.08. The van der Waals surface area contributed by atoms with E-state index in [4.69, 9.17) is 0 Å². The van der Waals surface area contributed by atoms with Gasteiger partial charge in [-0.3, -0.25) is 4.79 Å². The lowest BCUT2D eigenvalue weighted by molar-refractivity contribution is 0.0959. The number of para-hydroxylation sites is 1. The molecule has 0 atom stereocenters. The summed E-state index contributed by atoms with van der Waals surface area (Å²) in [6, 6.07) is 11.6. The average Bonchev–Trinajstić information content (AvgIpc) is 3.07. The maximum Gasteiger partial charge on any atom is 0.281 e. The van der Waals surface area contributed by atoms with Crippen molar-refractivity contribution in [3.8, 4) is 0 Å². The van der Waals surface area contributed by atoms with Crippen LogP contribution in [0, 0.1) is 6.92 Å². The maximum absolute atomic E-state index is 11.8. The Morgan fingerprint density at radius 2 is 2.15 bits per heavy atom. The Hall–Kier alpha value is -2.40. The van der Waals surface area contributed by atoms with Crippen LogP contribution in [0.1, 0.15) is 20.9 Å². The molecule has 2 heterocycles. The summed E-state index contributed by atoms with van der Waals surface area (Å²) in [5.74, 6) is -0.186. The van der Waals surface area contributed by atoms with Crippen LogP contribution in [0.3, 0.4) is 0 Å². The van der Waals surface area contributed by atoms with E-state index in [1.54, 1.807) is 12.3 Å². The van der Waals surface area contributed by atoms with E-state index in [9.17, 15) is 4.79 Å². The highest BCUT2D eigenvalue weighted by Crippen LogP contribution is 2.19. The molecule has 0 aliphatic rings. The number of fused-ring (bicyclic) bond motifs is 1. The lowest BCUT2D eigenvalue weighted by atomic mass is 10.1. The van der Waals surface area contributed by atoms with Gasteiger partial charge in [0.25, 0.3) is 5.91 Å². The summed E-state index contributed by atoms with van der Waals surface area (Å²) in [5.41, 5.74) is 5.63. The molecule has 0 bridgehead atoms. The van der Waals surface area contributed by atoms with Gasteiger partial charge < -0.3 is 4.98 Å². The molecular weight excluding hydrogens is 270 g/mol. The number of hydrazone groups is 1. The molecule has 0 saturated heterocycles. The molecule has 2 aromatic heterocycles. The molecule has 1 amide bonds. The number of rotatable bonds is 3. The maximum atomic E-state index is 11.8. The highest BCUT2D eigenvalue weighted by Gasteiger charge is 2.06. The largest absolute Gasteiger partial charge is 0.358 e. The fraction of sp³-hybridized carbons (Fsp3) is 0.0667. The lowest BCUT2D eigenvalue weighted by Crippen LogP contribution is -2.16. The second-order valence-electron chi connectivity index (χ2n) is 4.39. The zero-order valence-electron chi connectivity index (χ0n) is 10.9. The van der Waals surface area contributed by atoms with Gasteiger partial charge in [-0.2, -0.15) is 5.10 Å². The number of thiophene rings is 1. The van der Waals surface area contributed by atoms with Crippen LogP contribution in [0.15, 0.2) is 46.9 Å². The molecule has 2 N–H and O–H groups in total. The van der Waals surface area contributed by atoms with Crippen molar-refractivity contribution in [3.05, 3.63) is 57.9 Å². The SMILES string of the molecule is Cc1[nH]c2ccccc2c1C=NNC(=O)c1cccs1. The number of H-pyrrole nitrogens is 1. The molecule has 0 aliphatic carbocycles. The molecule has 0 unspecified atom stereocenters. The number of aryl methyl sites for hydroxylation is 1. The van der Waals surface area contributed by atoms with E-state index in [2.05, 4.69) is 15.5 Å². The van der Waals surface area contributed by atoms with Gasteiger partial charge in [-0.25, -0.2) is 5.43 Å². The zero-order chi connectivity index (χ0) is 13.9. The third kappa shape index (κ3) is 2.35. The number of aromatic amines is 1. The molecule has 0 spiro atoms. The smallest absolute Gasteiger partial charge is 0.281 e. The number of amides is 1. The van der Waals surface area contributed by atoms with Crippen molar-refractivity contribution in [1.82, 2.24) is 10.4 Å². The van der Waals surface area contributed by atoms with Crippen LogP contribution < -0.4 is 5.43 Å². The van der Waals surface area contributed by atoms with Crippen LogP contribution in [0.4, 0.5) is 0 Å². The molecule has 20 heavy (non-hydrogen) atoms. The van der Waals surface area contributed by atoms with Crippen LogP contribution in [-0.2, 0) is 0 Å². The average molecular weight is 283 g/mol. The minimum atomic E-state index is -0.186. The zero-order valence-corrected chi connectivity index (χ0v) is 11.7. The molecule has 0 radical (unpaired) electrons. The van der Waals surface area contributed by atoms with Crippen molar-refractivity contribution < 1.29 is 4.79 Å². The number of carbonyl (C=O) groups excluding carboxylic acids is 1. The number of benzene rings is 1. The summed E-state index contributed by atoms with van der Waals surface area (Å²) in [4.78, 5) is 15.7. The fourth-order valence-electron chi connectivity index (χ4n) is 2.08. The minimum Gasteiger partial charge on any atom is -0.358 e. The van der Waals surface area contributed by atoms with Gasteiger partial charge >= 0.3 is 0 Å². The second-order valence-corrected chi connectivity index (χ2v) is 5.33. The highest BCUT2D eigenvalue weighted by atomic mass is 32.1. The Morgan fingerprint density at radius 1 is 1.30 bits per heavy atom. The van der Waals surface area contributed by atoms with Crippen LogP contribution >= 0.6 is 11.3 Å². The van der Waals surface area contributed by atoms with Crippen LogP contribution in [0.5, 0.6) is 0 Å². The van der Waals surface area contributed by atoms with E-state index >= 15 is 0 Å². The Bertz CT molecular complexity index is 772. The molecule has 0 saturated carbocycles. The van der Waals surface area contributed by atoms with Gasteiger partial charge in [-0.05, 0) is 24.4 Å². The predicted octanol–water partition coefficient (Wildman–Crippen LogP) is 3.30. The first-order valence-electron chi connectivity index (χ1n) is 6.20. The highest BCUT2D eigenvalue weighted by molar-refractivity contribution is 7.12. The van der Waals surface area contributed by atoms with Crippen molar-refractivity contribution in [2.75, 3.05) is 0 Å². The Morgan fingerprint density at radius 3 is 2.95 bits per heavy atom. The van der Waals surface area contributed by atoms with Crippen molar-refractivity contribution in [1.29, 1.82) is 0 Å². The first-order chi connectivity index (χ1) is 9.75. The van der Waals surface area contributed by atoms with E-state index in [1.165, 1.54) is 11.3 Å². The van der Waals surface area contributed by atoms with Gasteiger partial charge in [-0.15, -0.1) is 11.3 Å². The third-order valence-electron chi connectivity index (χ3n) is 3.05. The molecule has 4 nitrogen and oxygen atoms in total. The van der Waals surface area contributed by atoms with E-state index in [1.807, 2.05) is 42.6 Å². The van der Waals surface area contributed by atoms with Crippen LogP contribution in [-0.4, -0.2) is 17.1 Å². The van der Waals surface area contributed by atoms with Crippen molar-refractivity contribution in [2.24, 2.45) is 5.10 Å². The summed E-state index contributed by atoms with van der Waals surface area (Å²) in [6.45, 7) is 1.99. The standard InChI is InChI=1S/C15H13N3OS/c1-10-12(11-5-2-3-6-13(11)17-10)9-16-18-15(19)14-7-4-8-20-14/h2-9,17H,1H3,(H,18,19). The van der Waals surface area contributed by atoms with Crippen LogP contribution in [0.2, 0.25) is 0 Å². The van der Waals surface area contributed by atoms with E-state index in [0.717, 1.165) is 22.2 Å². The number of hydrogen-bond donors (Lipinski definition) is 2. The van der Waals surface area contributed by atoms with E-state index in [-0.39, 0.29) is 5.91 Å². The van der Waals surface area contributed by atoms with Gasteiger partial charge in [0.1, 0.15) is 0 Å². The molecule has 100 valence electrons. The molecule has 1 aromatic carbocycles. The quantitative estimate of drug-likeness (QED) is 0.562. The van der Waals surface area contributed by atoms with Gasteiger partial charge in [0.05, 0.1) is 11.1 Å². The van der Waals surface area contributed by atoms with Gasteiger partial charge in [0.15, 0.2) is 0 Å². The Balaban J connectivity index is 1.81. The summed E-state index contributed by atoms with van der Waals surface area (Å²) in [5, 5.41) is 7.00. The number of nitrogens with one attached hydrogen (secondary N) is 2. The second kappa shape index (κ2) is 5.30. The van der Waals surface area contributed by atoms with Crippen molar-refractivity contribution >= 4 is 34.4 Å². The number of carbonyl (C=O) groups is 1. The van der Waals surface area contributed by atoms with Crippen molar-refractivity contribution in [2.45, 2.75) is 6.92 Å². The molecule has 0 aliphatic heterocycles. The minimum absolute atomic E-state index is 0.186. The number of nitrogens with zero attached hydrogens (tertiary/aromatic N) is 1. The lowest BCUT2D eigenvalue weighted by Gasteiger charge is -1.96. The topological polar surface area (TPSA) is 57.2 Å². The molecule has 3 aromatic rings. The Kier molecular flexibility index (Phi) is 3.35. The summed E-state index contributed by atoms with van der Waals surface area (Å²) < 4.78 is 0. The monoisotopic (exact) mass is 283 g/mol. The van der Waals surface area contributed by atoms with Crippen LogP contribution in [0.25, 0.3) is 10.9 Å². The molecular formula is C15H13N3OS. The van der Waals surface area contributed by atoms with Gasteiger partial charge in [-0.1, -0.05) is 24.3 Å². The van der Waals surface area contributed by atoms with Gasteiger partial charge in [0.2, 0.25) is 0 Å². The van der Waals surface area contributed by atoms with Gasteiger partial charge in [0, 0.05) is 22.2 Å². The number of aromatic nitrogens is 1. The molecule has 3 rings (SSSR count). The first kappa shape index (κ1) is 12.6. The fourth-order valence-corrected chi connectivity index (χ4v) is 2.70. The third-order valence-corrected chi connectivity index (χ3v) is 3.92. The Labute approximate surface area is 120 Å². The summed E-state index contributed by atoms with van der Waals surface area (Å²) >= 11 is 1.39.